The highest BCUT2D eigenvalue weighted by atomic mass is 35.5. The first-order valence-electron chi connectivity index (χ1n) is 7.90. The van der Waals surface area contributed by atoms with Gasteiger partial charge in [-0.1, -0.05) is 43.0 Å². The molecule has 2 rings (SSSR count). The summed E-state index contributed by atoms with van der Waals surface area (Å²) in [5.41, 5.74) is 1.29. The van der Waals surface area contributed by atoms with Crippen LogP contribution in [0.25, 0.3) is 0 Å². The Hall–Kier alpha value is -0.570. The molecule has 1 aliphatic rings. The molecule has 0 saturated heterocycles. The van der Waals surface area contributed by atoms with Gasteiger partial charge in [0.1, 0.15) is 0 Å². The van der Waals surface area contributed by atoms with E-state index < -0.39 is 0 Å². The van der Waals surface area contributed by atoms with E-state index in [2.05, 4.69) is 29.4 Å². The van der Waals surface area contributed by atoms with Crippen LogP contribution in [0.2, 0.25) is 5.02 Å². The van der Waals surface area contributed by atoms with Gasteiger partial charge in [-0.2, -0.15) is 0 Å². The van der Waals surface area contributed by atoms with Gasteiger partial charge in [-0.05, 0) is 57.1 Å². The number of nitrogens with zero attached hydrogens (tertiary/aromatic N) is 1. The van der Waals surface area contributed by atoms with Crippen molar-refractivity contribution in [2.24, 2.45) is 0 Å². The van der Waals surface area contributed by atoms with Gasteiger partial charge in [0.2, 0.25) is 0 Å². The summed E-state index contributed by atoms with van der Waals surface area (Å²) in [6.07, 6.45) is 8.21. The SMILES string of the molecule is CN(CCCNC1CCCCC1)Cc1cccc(Cl)c1. The maximum absolute atomic E-state index is 6.01. The minimum Gasteiger partial charge on any atom is -0.314 e. The molecule has 1 N–H and O–H groups in total. The van der Waals surface area contributed by atoms with E-state index in [1.165, 1.54) is 44.1 Å². The fourth-order valence-electron chi connectivity index (χ4n) is 2.99. The Bertz CT molecular complexity index is 388. The molecule has 2 nitrogen and oxygen atoms in total. The summed E-state index contributed by atoms with van der Waals surface area (Å²) in [6, 6.07) is 8.93. The molecule has 0 amide bonds. The molecule has 0 bridgehead atoms. The summed E-state index contributed by atoms with van der Waals surface area (Å²) in [5.74, 6) is 0. The van der Waals surface area contributed by atoms with Crippen molar-refractivity contribution in [2.45, 2.75) is 51.1 Å². The molecule has 112 valence electrons. The molecule has 0 aromatic heterocycles. The summed E-state index contributed by atoms with van der Waals surface area (Å²) < 4.78 is 0. The average molecular weight is 295 g/mol. The summed E-state index contributed by atoms with van der Waals surface area (Å²) in [5, 5.41) is 4.53. The highest BCUT2D eigenvalue weighted by molar-refractivity contribution is 6.30. The summed E-state index contributed by atoms with van der Waals surface area (Å²) in [7, 11) is 2.18. The zero-order valence-electron chi connectivity index (χ0n) is 12.6. The lowest BCUT2D eigenvalue weighted by atomic mass is 9.95. The third kappa shape index (κ3) is 5.82. The third-order valence-corrected chi connectivity index (χ3v) is 4.33. The molecule has 1 saturated carbocycles. The van der Waals surface area contributed by atoms with Crippen molar-refractivity contribution in [2.75, 3.05) is 20.1 Å². The largest absolute Gasteiger partial charge is 0.314 e. The highest BCUT2D eigenvalue weighted by Gasteiger charge is 2.11. The number of rotatable bonds is 7. The van der Waals surface area contributed by atoms with E-state index in [0.717, 1.165) is 30.7 Å². The van der Waals surface area contributed by atoms with Crippen molar-refractivity contribution >= 4 is 11.6 Å². The van der Waals surface area contributed by atoms with Gasteiger partial charge >= 0.3 is 0 Å². The van der Waals surface area contributed by atoms with Gasteiger partial charge in [0.15, 0.2) is 0 Å². The van der Waals surface area contributed by atoms with Crippen LogP contribution in [0.15, 0.2) is 24.3 Å². The Kier molecular flexibility index (Phi) is 6.85. The van der Waals surface area contributed by atoms with Crippen molar-refractivity contribution in [1.82, 2.24) is 10.2 Å². The van der Waals surface area contributed by atoms with E-state index in [1.807, 2.05) is 12.1 Å². The number of hydrogen-bond acceptors (Lipinski definition) is 2. The van der Waals surface area contributed by atoms with Gasteiger partial charge in [-0.25, -0.2) is 0 Å². The number of benzene rings is 1. The molecule has 1 fully saturated rings. The number of nitrogens with one attached hydrogen (secondary N) is 1. The van der Waals surface area contributed by atoms with Crippen molar-refractivity contribution in [3.8, 4) is 0 Å². The molecule has 20 heavy (non-hydrogen) atoms. The van der Waals surface area contributed by atoms with Crippen molar-refractivity contribution in [1.29, 1.82) is 0 Å². The molecular weight excluding hydrogens is 268 g/mol. The van der Waals surface area contributed by atoms with Gasteiger partial charge in [-0.3, -0.25) is 0 Å². The normalized spacial score (nSPS) is 16.8. The van der Waals surface area contributed by atoms with Crippen LogP contribution in [-0.2, 0) is 6.54 Å². The van der Waals surface area contributed by atoms with Crippen molar-refractivity contribution in [3.63, 3.8) is 0 Å². The standard InChI is InChI=1S/C17H27ClN2/c1-20(14-15-7-5-8-16(18)13-15)12-6-11-19-17-9-3-2-4-10-17/h5,7-8,13,17,19H,2-4,6,9-12,14H2,1H3. The maximum atomic E-state index is 6.01. The monoisotopic (exact) mass is 294 g/mol. The summed E-state index contributed by atoms with van der Waals surface area (Å²) in [6.45, 7) is 3.25. The Morgan fingerprint density at radius 3 is 2.80 bits per heavy atom. The zero-order chi connectivity index (χ0) is 14.2. The van der Waals surface area contributed by atoms with E-state index in [4.69, 9.17) is 11.6 Å². The lowest BCUT2D eigenvalue weighted by molar-refractivity contribution is 0.308. The number of hydrogen-bond donors (Lipinski definition) is 1. The minimum atomic E-state index is 0.780. The average Bonchev–Trinajstić information content (AvgIpc) is 2.45. The quantitative estimate of drug-likeness (QED) is 0.762. The molecule has 1 aromatic rings. The molecule has 1 aliphatic carbocycles. The van der Waals surface area contributed by atoms with E-state index in [-0.39, 0.29) is 0 Å². The molecule has 0 radical (unpaired) electrons. The van der Waals surface area contributed by atoms with Gasteiger partial charge < -0.3 is 10.2 Å². The molecule has 0 unspecified atom stereocenters. The Labute approximate surface area is 128 Å². The van der Waals surface area contributed by atoms with Crippen molar-refractivity contribution < 1.29 is 0 Å². The Balaban J connectivity index is 1.59. The van der Waals surface area contributed by atoms with E-state index in [1.54, 1.807) is 0 Å². The molecule has 1 aromatic carbocycles. The second kappa shape index (κ2) is 8.66. The van der Waals surface area contributed by atoms with Gasteiger partial charge in [0, 0.05) is 17.6 Å². The maximum Gasteiger partial charge on any atom is 0.0409 e. The second-order valence-corrected chi connectivity index (χ2v) is 6.45. The molecule has 0 atom stereocenters. The Morgan fingerprint density at radius 2 is 2.05 bits per heavy atom. The lowest BCUT2D eigenvalue weighted by Crippen LogP contribution is -2.33. The van der Waals surface area contributed by atoms with Crippen LogP contribution in [0.5, 0.6) is 0 Å². The highest BCUT2D eigenvalue weighted by Crippen LogP contribution is 2.17. The van der Waals surface area contributed by atoms with Crippen LogP contribution in [0.4, 0.5) is 0 Å². The van der Waals surface area contributed by atoms with E-state index >= 15 is 0 Å². The lowest BCUT2D eigenvalue weighted by Gasteiger charge is -2.23. The van der Waals surface area contributed by atoms with Crippen LogP contribution < -0.4 is 5.32 Å². The second-order valence-electron chi connectivity index (χ2n) is 6.01. The third-order valence-electron chi connectivity index (χ3n) is 4.10. The van der Waals surface area contributed by atoms with Crippen LogP contribution >= 0.6 is 11.6 Å². The zero-order valence-corrected chi connectivity index (χ0v) is 13.3. The molecule has 0 spiro atoms. The van der Waals surface area contributed by atoms with E-state index in [0.29, 0.717) is 0 Å². The first-order chi connectivity index (χ1) is 9.74. The van der Waals surface area contributed by atoms with E-state index in [9.17, 15) is 0 Å². The topological polar surface area (TPSA) is 15.3 Å². The van der Waals surface area contributed by atoms with Crippen LogP contribution in [0, 0.1) is 0 Å². The molecule has 0 aliphatic heterocycles. The van der Waals surface area contributed by atoms with Gasteiger partial charge in [0.05, 0.1) is 0 Å². The summed E-state index contributed by atoms with van der Waals surface area (Å²) >= 11 is 6.01. The minimum absolute atomic E-state index is 0.780. The Morgan fingerprint density at radius 1 is 1.25 bits per heavy atom. The first-order valence-corrected chi connectivity index (χ1v) is 8.28. The summed E-state index contributed by atoms with van der Waals surface area (Å²) in [4.78, 5) is 2.37. The van der Waals surface area contributed by atoms with Crippen molar-refractivity contribution in [3.05, 3.63) is 34.9 Å². The molecule has 3 heteroatoms. The van der Waals surface area contributed by atoms with Crippen LogP contribution in [-0.4, -0.2) is 31.1 Å². The fourth-order valence-corrected chi connectivity index (χ4v) is 3.20. The fraction of sp³-hybridized carbons (Fsp3) is 0.647. The smallest absolute Gasteiger partial charge is 0.0409 e. The van der Waals surface area contributed by atoms with Gasteiger partial charge in [-0.15, -0.1) is 0 Å². The first kappa shape index (κ1) is 15.8. The predicted molar refractivity (Wildman–Crippen MR) is 87.3 cm³/mol. The van der Waals surface area contributed by atoms with Crippen LogP contribution in [0.3, 0.4) is 0 Å². The molecular formula is C17H27ClN2. The molecule has 0 heterocycles. The van der Waals surface area contributed by atoms with Crippen LogP contribution in [0.1, 0.15) is 44.1 Å². The van der Waals surface area contributed by atoms with Gasteiger partial charge in [0.25, 0.3) is 0 Å². The number of halogens is 1. The predicted octanol–water partition coefficient (Wildman–Crippen LogP) is 4.08.